The molecule has 0 radical (unpaired) electrons. The van der Waals surface area contributed by atoms with Crippen LogP contribution in [0.3, 0.4) is 0 Å². The summed E-state index contributed by atoms with van der Waals surface area (Å²) in [6.07, 6.45) is 3.66. The smallest absolute Gasteiger partial charge is 0.0693 e. The summed E-state index contributed by atoms with van der Waals surface area (Å²) in [7, 11) is 0. The van der Waals surface area contributed by atoms with Gasteiger partial charge in [-0.1, -0.05) is 6.92 Å². The van der Waals surface area contributed by atoms with Crippen LogP contribution < -0.4 is 5.32 Å². The van der Waals surface area contributed by atoms with Crippen molar-refractivity contribution >= 4 is 0 Å². The molecule has 0 aromatic rings. The minimum atomic E-state index is -0.106. The van der Waals surface area contributed by atoms with Crippen molar-refractivity contribution in [2.45, 2.75) is 38.3 Å². The third-order valence-corrected chi connectivity index (χ3v) is 3.64. The quantitative estimate of drug-likeness (QED) is 0.676. The maximum absolute atomic E-state index is 9.76. The van der Waals surface area contributed by atoms with Gasteiger partial charge in [-0.25, -0.2) is 0 Å². The summed E-state index contributed by atoms with van der Waals surface area (Å²) in [6.45, 7) is 6.49. The number of β-amino-alcohol motifs (C(OH)–C–C–N with tert-alkyl or cyclic N) is 1. The lowest BCUT2D eigenvalue weighted by Crippen LogP contribution is -2.47. The molecular formula is C11H22N2O. The summed E-state index contributed by atoms with van der Waals surface area (Å²) >= 11 is 0. The SMILES string of the molecule is CC1CCN(CC2CCCN2)CC1O. The Morgan fingerprint density at radius 1 is 1.43 bits per heavy atom. The van der Waals surface area contributed by atoms with Crippen LogP contribution >= 0.6 is 0 Å². The number of nitrogens with zero attached hydrogens (tertiary/aromatic N) is 1. The molecule has 2 aliphatic heterocycles. The average molecular weight is 198 g/mol. The lowest BCUT2D eigenvalue weighted by Gasteiger charge is -2.35. The Balaban J connectivity index is 1.75. The molecule has 3 heteroatoms. The summed E-state index contributed by atoms with van der Waals surface area (Å²) in [6, 6.07) is 0.676. The highest BCUT2D eigenvalue weighted by molar-refractivity contribution is 4.83. The van der Waals surface area contributed by atoms with Gasteiger partial charge in [0, 0.05) is 19.1 Å². The molecule has 0 saturated carbocycles. The first kappa shape index (κ1) is 10.4. The van der Waals surface area contributed by atoms with Crippen molar-refractivity contribution in [2.24, 2.45) is 5.92 Å². The molecule has 82 valence electrons. The summed E-state index contributed by atoms with van der Waals surface area (Å²) < 4.78 is 0. The van der Waals surface area contributed by atoms with Gasteiger partial charge in [-0.3, -0.25) is 4.90 Å². The second-order valence-electron chi connectivity index (χ2n) is 4.89. The third-order valence-electron chi connectivity index (χ3n) is 3.64. The van der Waals surface area contributed by atoms with Gasteiger partial charge in [0.15, 0.2) is 0 Å². The van der Waals surface area contributed by atoms with E-state index in [0.29, 0.717) is 12.0 Å². The monoisotopic (exact) mass is 198 g/mol. The fourth-order valence-corrected chi connectivity index (χ4v) is 2.50. The van der Waals surface area contributed by atoms with Gasteiger partial charge in [0.2, 0.25) is 0 Å². The molecule has 0 spiro atoms. The first-order valence-corrected chi connectivity index (χ1v) is 5.89. The Morgan fingerprint density at radius 3 is 2.93 bits per heavy atom. The molecule has 3 unspecified atom stereocenters. The highest BCUT2D eigenvalue weighted by atomic mass is 16.3. The number of hydrogen-bond acceptors (Lipinski definition) is 3. The van der Waals surface area contributed by atoms with Crippen molar-refractivity contribution in [3.8, 4) is 0 Å². The largest absolute Gasteiger partial charge is 0.392 e. The summed E-state index contributed by atoms with van der Waals surface area (Å²) in [5.41, 5.74) is 0. The normalized spacial score (nSPS) is 40.3. The predicted molar refractivity (Wildman–Crippen MR) is 57.3 cm³/mol. The van der Waals surface area contributed by atoms with E-state index in [2.05, 4.69) is 17.1 Å². The van der Waals surface area contributed by atoms with E-state index < -0.39 is 0 Å². The van der Waals surface area contributed by atoms with E-state index in [9.17, 15) is 5.11 Å². The zero-order valence-corrected chi connectivity index (χ0v) is 9.08. The van der Waals surface area contributed by atoms with Crippen LogP contribution in [0.2, 0.25) is 0 Å². The Morgan fingerprint density at radius 2 is 2.29 bits per heavy atom. The van der Waals surface area contributed by atoms with Crippen LogP contribution in [0.5, 0.6) is 0 Å². The van der Waals surface area contributed by atoms with Crippen LogP contribution in [-0.2, 0) is 0 Å². The van der Waals surface area contributed by atoms with Gasteiger partial charge in [0.1, 0.15) is 0 Å². The zero-order valence-electron chi connectivity index (χ0n) is 9.08. The van der Waals surface area contributed by atoms with Crippen LogP contribution in [0.4, 0.5) is 0 Å². The molecule has 2 N–H and O–H groups in total. The Labute approximate surface area is 86.5 Å². The van der Waals surface area contributed by atoms with Gasteiger partial charge < -0.3 is 10.4 Å². The standard InChI is InChI=1S/C11H22N2O/c1-9-4-6-13(8-11(9)14)7-10-3-2-5-12-10/h9-12,14H,2-8H2,1H3. The van der Waals surface area contributed by atoms with Crippen LogP contribution in [0.15, 0.2) is 0 Å². The first-order valence-electron chi connectivity index (χ1n) is 5.89. The second kappa shape index (κ2) is 4.60. The van der Waals surface area contributed by atoms with Gasteiger partial charge in [0.25, 0.3) is 0 Å². The zero-order chi connectivity index (χ0) is 9.97. The number of aliphatic hydroxyl groups excluding tert-OH is 1. The number of nitrogens with one attached hydrogen (secondary N) is 1. The maximum Gasteiger partial charge on any atom is 0.0693 e. The van der Waals surface area contributed by atoms with E-state index in [1.165, 1.54) is 19.4 Å². The molecule has 14 heavy (non-hydrogen) atoms. The molecule has 2 rings (SSSR count). The number of aliphatic hydroxyl groups is 1. The lowest BCUT2D eigenvalue weighted by molar-refractivity contribution is 0.0263. The van der Waals surface area contributed by atoms with Gasteiger partial charge in [-0.05, 0) is 38.3 Å². The number of piperidine rings is 1. The van der Waals surface area contributed by atoms with Crippen LogP contribution in [-0.4, -0.2) is 48.3 Å². The maximum atomic E-state index is 9.76. The van der Waals surface area contributed by atoms with Crippen molar-refractivity contribution in [2.75, 3.05) is 26.2 Å². The topological polar surface area (TPSA) is 35.5 Å². The Hall–Kier alpha value is -0.120. The summed E-state index contributed by atoms with van der Waals surface area (Å²) in [4.78, 5) is 2.41. The molecule has 3 nitrogen and oxygen atoms in total. The van der Waals surface area contributed by atoms with E-state index in [-0.39, 0.29) is 6.10 Å². The molecule has 0 amide bonds. The van der Waals surface area contributed by atoms with E-state index in [1.54, 1.807) is 0 Å². The molecule has 0 bridgehead atoms. The second-order valence-corrected chi connectivity index (χ2v) is 4.89. The molecule has 2 aliphatic rings. The summed E-state index contributed by atoms with van der Waals surface area (Å²) in [5.74, 6) is 0.489. The van der Waals surface area contributed by atoms with Gasteiger partial charge in [-0.15, -0.1) is 0 Å². The van der Waals surface area contributed by atoms with Gasteiger partial charge in [0.05, 0.1) is 6.10 Å². The van der Waals surface area contributed by atoms with Crippen LogP contribution in [0.25, 0.3) is 0 Å². The predicted octanol–water partition coefficient (Wildman–Crippen LogP) is 0.441. The van der Waals surface area contributed by atoms with Crippen molar-refractivity contribution < 1.29 is 5.11 Å². The highest BCUT2D eigenvalue weighted by Gasteiger charge is 2.26. The van der Waals surface area contributed by atoms with E-state index in [4.69, 9.17) is 0 Å². The number of rotatable bonds is 2. The minimum Gasteiger partial charge on any atom is -0.392 e. The van der Waals surface area contributed by atoms with Crippen molar-refractivity contribution in [1.29, 1.82) is 0 Å². The molecule has 0 aliphatic carbocycles. The van der Waals surface area contributed by atoms with Crippen LogP contribution in [0.1, 0.15) is 26.2 Å². The fraction of sp³-hybridized carbons (Fsp3) is 1.00. The third kappa shape index (κ3) is 2.47. The van der Waals surface area contributed by atoms with Gasteiger partial charge >= 0.3 is 0 Å². The number of hydrogen-bond donors (Lipinski definition) is 2. The van der Waals surface area contributed by atoms with E-state index in [0.717, 1.165) is 26.1 Å². The Bertz CT molecular complexity index is 180. The van der Waals surface area contributed by atoms with E-state index in [1.807, 2.05) is 0 Å². The highest BCUT2D eigenvalue weighted by Crippen LogP contribution is 2.18. The average Bonchev–Trinajstić information content (AvgIpc) is 2.64. The molecule has 0 aromatic carbocycles. The van der Waals surface area contributed by atoms with Crippen molar-refractivity contribution in [3.05, 3.63) is 0 Å². The first-order chi connectivity index (χ1) is 6.75. The fourth-order valence-electron chi connectivity index (χ4n) is 2.50. The van der Waals surface area contributed by atoms with Gasteiger partial charge in [-0.2, -0.15) is 0 Å². The van der Waals surface area contributed by atoms with E-state index >= 15 is 0 Å². The van der Waals surface area contributed by atoms with Crippen molar-refractivity contribution in [1.82, 2.24) is 10.2 Å². The molecule has 2 saturated heterocycles. The molecular weight excluding hydrogens is 176 g/mol. The molecule has 3 atom stereocenters. The number of likely N-dealkylation sites (tertiary alicyclic amines) is 1. The van der Waals surface area contributed by atoms with Crippen molar-refractivity contribution in [3.63, 3.8) is 0 Å². The molecule has 2 heterocycles. The Kier molecular flexibility index (Phi) is 3.42. The van der Waals surface area contributed by atoms with Crippen LogP contribution in [0, 0.1) is 5.92 Å². The molecule has 2 fully saturated rings. The lowest BCUT2D eigenvalue weighted by atomic mass is 9.96. The minimum absolute atomic E-state index is 0.106. The summed E-state index contributed by atoms with van der Waals surface area (Å²) in [5, 5.41) is 13.3. The molecule has 0 aromatic heterocycles.